The molecule has 0 radical (unpaired) electrons. The lowest BCUT2D eigenvalue weighted by Gasteiger charge is -2.30. The summed E-state index contributed by atoms with van der Waals surface area (Å²) in [5.74, 6) is 2.63. The van der Waals surface area contributed by atoms with Gasteiger partial charge in [0.15, 0.2) is 0 Å². The third kappa shape index (κ3) is 4.36. The van der Waals surface area contributed by atoms with Gasteiger partial charge < -0.3 is 20.1 Å². The molecule has 1 heterocycles. The molecule has 0 aromatic heterocycles. The molecule has 1 aliphatic rings. The zero-order valence-electron chi connectivity index (χ0n) is 12.2. The molecular formula is C15H22N2O3S. The number of carbonyl (C=O) groups is 1. The first-order chi connectivity index (χ1) is 10.3. The van der Waals surface area contributed by atoms with E-state index in [9.17, 15) is 9.90 Å². The van der Waals surface area contributed by atoms with Crippen LogP contribution >= 0.6 is 11.8 Å². The highest BCUT2D eigenvalue weighted by molar-refractivity contribution is 7.99. The van der Waals surface area contributed by atoms with Crippen LogP contribution in [-0.4, -0.2) is 60.3 Å². The molecule has 1 aliphatic heterocycles. The van der Waals surface area contributed by atoms with Gasteiger partial charge in [0.05, 0.1) is 19.8 Å². The van der Waals surface area contributed by atoms with Crippen LogP contribution in [0.3, 0.4) is 0 Å². The van der Waals surface area contributed by atoms with Crippen molar-refractivity contribution < 1.29 is 14.6 Å². The molecule has 1 saturated heterocycles. The molecular weight excluding hydrogens is 288 g/mol. The van der Waals surface area contributed by atoms with Crippen molar-refractivity contribution in [2.24, 2.45) is 0 Å². The lowest BCUT2D eigenvalue weighted by molar-refractivity contribution is -0.134. The van der Waals surface area contributed by atoms with E-state index < -0.39 is 0 Å². The van der Waals surface area contributed by atoms with E-state index >= 15 is 0 Å². The van der Waals surface area contributed by atoms with E-state index in [2.05, 4.69) is 5.32 Å². The van der Waals surface area contributed by atoms with Gasteiger partial charge in [-0.15, -0.1) is 0 Å². The van der Waals surface area contributed by atoms with E-state index in [0.29, 0.717) is 13.1 Å². The molecule has 21 heavy (non-hydrogen) atoms. The van der Waals surface area contributed by atoms with Crippen LogP contribution in [0.2, 0.25) is 0 Å². The Bertz CT molecular complexity index is 464. The van der Waals surface area contributed by atoms with E-state index in [1.54, 1.807) is 23.8 Å². The quantitative estimate of drug-likeness (QED) is 0.811. The van der Waals surface area contributed by atoms with Crippen LogP contribution in [-0.2, 0) is 11.3 Å². The third-order valence-corrected chi connectivity index (χ3v) is 4.52. The molecule has 5 nitrogen and oxygen atoms in total. The predicted molar refractivity (Wildman–Crippen MR) is 84.6 cm³/mol. The molecule has 2 N–H and O–H groups in total. The summed E-state index contributed by atoms with van der Waals surface area (Å²) in [6, 6.07) is 7.49. The largest absolute Gasteiger partial charge is 0.496 e. The molecule has 2 rings (SSSR count). The van der Waals surface area contributed by atoms with Gasteiger partial charge in [0.1, 0.15) is 5.75 Å². The van der Waals surface area contributed by atoms with Crippen LogP contribution in [0.5, 0.6) is 5.75 Å². The summed E-state index contributed by atoms with van der Waals surface area (Å²) in [6.07, 6.45) is 0. The SMILES string of the molecule is COc1ccccc1CN(CCO)C(=O)C1CSCCN1. The molecule has 1 amide bonds. The summed E-state index contributed by atoms with van der Waals surface area (Å²) in [5, 5.41) is 12.5. The van der Waals surface area contributed by atoms with E-state index in [-0.39, 0.29) is 18.6 Å². The van der Waals surface area contributed by atoms with Gasteiger partial charge in [-0.05, 0) is 6.07 Å². The summed E-state index contributed by atoms with van der Waals surface area (Å²) >= 11 is 1.78. The van der Waals surface area contributed by atoms with Crippen LogP contribution in [0.25, 0.3) is 0 Å². The van der Waals surface area contributed by atoms with Crippen molar-refractivity contribution in [2.75, 3.05) is 38.3 Å². The van der Waals surface area contributed by atoms with Crippen molar-refractivity contribution in [3.05, 3.63) is 29.8 Å². The van der Waals surface area contributed by atoms with E-state index in [4.69, 9.17) is 4.74 Å². The number of thioether (sulfide) groups is 1. The summed E-state index contributed by atoms with van der Waals surface area (Å²) in [4.78, 5) is 14.3. The van der Waals surface area contributed by atoms with Gasteiger partial charge in [0, 0.05) is 36.7 Å². The maximum absolute atomic E-state index is 12.6. The summed E-state index contributed by atoms with van der Waals surface area (Å²) < 4.78 is 5.33. The smallest absolute Gasteiger partial charge is 0.240 e. The number of methoxy groups -OCH3 is 1. The molecule has 1 fully saturated rings. The van der Waals surface area contributed by atoms with Gasteiger partial charge in [0.2, 0.25) is 5.91 Å². The first-order valence-corrected chi connectivity index (χ1v) is 8.24. The number of ether oxygens (including phenoxy) is 1. The average molecular weight is 310 g/mol. The van der Waals surface area contributed by atoms with Gasteiger partial charge in [-0.25, -0.2) is 0 Å². The number of amides is 1. The Morgan fingerprint density at radius 2 is 2.33 bits per heavy atom. The van der Waals surface area contributed by atoms with Gasteiger partial charge >= 0.3 is 0 Å². The number of carbonyl (C=O) groups excluding carboxylic acids is 1. The van der Waals surface area contributed by atoms with Crippen molar-refractivity contribution in [1.29, 1.82) is 0 Å². The summed E-state index contributed by atoms with van der Waals surface area (Å²) in [5.41, 5.74) is 0.949. The molecule has 0 saturated carbocycles. The molecule has 0 spiro atoms. The zero-order valence-corrected chi connectivity index (χ0v) is 13.1. The second-order valence-electron chi connectivity index (χ2n) is 4.88. The first-order valence-electron chi connectivity index (χ1n) is 7.09. The average Bonchev–Trinajstić information content (AvgIpc) is 2.55. The highest BCUT2D eigenvalue weighted by Gasteiger charge is 2.26. The lowest BCUT2D eigenvalue weighted by Crippen LogP contribution is -2.51. The molecule has 1 aromatic rings. The predicted octanol–water partition coefficient (Wildman–Crippen LogP) is 0.721. The molecule has 116 valence electrons. The number of hydrogen-bond acceptors (Lipinski definition) is 5. The lowest BCUT2D eigenvalue weighted by atomic mass is 10.1. The molecule has 6 heteroatoms. The second kappa shape index (κ2) is 8.26. The topological polar surface area (TPSA) is 61.8 Å². The van der Waals surface area contributed by atoms with E-state index in [1.165, 1.54) is 0 Å². The number of hydrogen-bond donors (Lipinski definition) is 2. The third-order valence-electron chi connectivity index (χ3n) is 3.46. The summed E-state index contributed by atoms with van der Waals surface area (Å²) in [7, 11) is 1.62. The van der Waals surface area contributed by atoms with Gasteiger partial charge in [-0.3, -0.25) is 4.79 Å². The maximum Gasteiger partial charge on any atom is 0.240 e. The molecule has 1 aromatic carbocycles. The number of benzene rings is 1. The number of para-hydroxylation sites is 1. The van der Waals surface area contributed by atoms with Crippen molar-refractivity contribution in [1.82, 2.24) is 10.2 Å². The van der Waals surface area contributed by atoms with Crippen molar-refractivity contribution in [3.63, 3.8) is 0 Å². The van der Waals surface area contributed by atoms with Crippen LogP contribution in [0.4, 0.5) is 0 Å². The minimum atomic E-state index is -0.162. The Kier molecular flexibility index (Phi) is 6.35. The number of rotatable bonds is 6. The fraction of sp³-hybridized carbons (Fsp3) is 0.533. The second-order valence-corrected chi connectivity index (χ2v) is 6.03. The van der Waals surface area contributed by atoms with Crippen LogP contribution in [0, 0.1) is 0 Å². The molecule has 1 atom stereocenters. The van der Waals surface area contributed by atoms with Crippen molar-refractivity contribution in [3.8, 4) is 5.75 Å². The number of aliphatic hydroxyl groups excluding tert-OH is 1. The van der Waals surface area contributed by atoms with Gasteiger partial charge in [-0.2, -0.15) is 11.8 Å². The van der Waals surface area contributed by atoms with Crippen molar-refractivity contribution in [2.45, 2.75) is 12.6 Å². The zero-order chi connectivity index (χ0) is 15.1. The van der Waals surface area contributed by atoms with Gasteiger partial charge in [0.25, 0.3) is 0 Å². The highest BCUT2D eigenvalue weighted by Crippen LogP contribution is 2.20. The minimum Gasteiger partial charge on any atom is -0.496 e. The van der Waals surface area contributed by atoms with E-state index in [1.807, 2.05) is 24.3 Å². The Morgan fingerprint density at radius 3 is 3.00 bits per heavy atom. The molecule has 1 unspecified atom stereocenters. The normalized spacial score (nSPS) is 18.3. The van der Waals surface area contributed by atoms with Crippen LogP contribution in [0.15, 0.2) is 24.3 Å². The van der Waals surface area contributed by atoms with Gasteiger partial charge in [-0.1, -0.05) is 18.2 Å². The Morgan fingerprint density at radius 1 is 1.52 bits per heavy atom. The fourth-order valence-corrected chi connectivity index (χ4v) is 3.30. The standard InChI is InChI=1S/C15H22N2O3S/c1-20-14-5-3-2-4-12(14)10-17(7-8-18)15(19)13-11-21-9-6-16-13/h2-5,13,16,18H,6-11H2,1H3. The molecule has 0 aliphatic carbocycles. The Labute approximate surface area is 129 Å². The maximum atomic E-state index is 12.6. The minimum absolute atomic E-state index is 0.0409. The number of nitrogens with zero attached hydrogens (tertiary/aromatic N) is 1. The fourth-order valence-electron chi connectivity index (χ4n) is 2.37. The summed E-state index contributed by atoms with van der Waals surface area (Å²) in [6.45, 7) is 1.59. The monoisotopic (exact) mass is 310 g/mol. The number of nitrogens with one attached hydrogen (secondary N) is 1. The Hall–Kier alpha value is -1.24. The first kappa shape index (κ1) is 16.1. The molecule has 0 bridgehead atoms. The highest BCUT2D eigenvalue weighted by atomic mass is 32.2. The number of aliphatic hydroxyl groups is 1. The van der Waals surface area contributed by atoms with Crippen LogP contribution in [0.1, 0.15) is 5.56 Å². The van der Waals surface area contributed by atoms with Crippen LogP contribution < -0.4 is 10.1 Å². The van der Waals surface area contributed by atoms with Crippen molar-refractivity contribution >= 4 is 17.7 Å². The Balaban J connectivity index is 2.08. The van der Waals surface area contributed by atoms with E-state index in [0.717, 1.165) is 29.4 Å².